The van der Waals surface area contributed by atoms with Gasteiger partial charge < -0.3 is 9.64 Å². The largest absolute Gasteiger partial charge is 0.381 e. The highest BCUT2D eigenvalue weighted by Crippen LogP contribution is 2.22. The number of benzene rings is 1. The molecule has 6 nitrogen and oxygen atoms in total. The van der Waals surface area contributed by atoms with Crippen LogP contribution in [0.3, 0.4) is 0 Å². The van der Waals surface area contributed by atoms with E-state index in [0.29, 0.717) is 12.1 Å². The summed E-state index contributed by atoms with van der Waals surface area (Å²) in [5.74, 6) is 0.984. The number of nitrogens with zero attached hydrogens (tertiary/aromatic N) is 5. The van der Waals surface area contributed by atoms with Gasteiger partial charge in [-0.15, -0.1) is 10.2 Å². The lowest BCUT2D eigenvalue weighted by Crippen LogP contribution is -2.49. The molecule has 3 heterocycles. The molecule has 0 bridgehead atoms. The number of hydrogen-bond donors (Lipinski definition) is 0. The zero-order valence-electron chi connectivity index (χ0n) is 18.6. The molecule has 4 rings (SSSR count). The highest BCUT2D eigenvalue weighted by Gasteiger charge is 2.20. The van der Waals surface area contributed by atoms with Gasteiger partial charge in [-0.3, -0.25) is 9.80 Å². The van der Waals surface area contributed by atoms with Crippen molar-refractivity contribution >= 4 is 5.82 Å². The van der Waals surface area contributed by atoms with Gasteiger partial charge in [-0.05, 0) is 44.4 Å². The highest BCUT2D eigenvalue weighted by molar-refractivity contribution is 5.60. The predicted octanol–water partition coefficient (Wildman–Crippen LogP) is 3.28. The maximum atomic E-state index is 5.47. The smallest absolute Gasteiger partial charge is 0.151 e. The van der Waals surface area contributed by atoms with Crippen molar-refractivity contribution in [3.8, 4) is 11.3 Å². The lowest BCUT2D eigenvalue weighted by Gasteiger charge is -2.37. The van der Waals surface area contributed by atoms with Gasteiger partial charge in [0.1, 0.15) is 0 Å². The Hall–Kier alpha value is -2.02. The minimum Gasteiger partial charge on any atom is -0.381 e. The molecule has 30 heavy (non-hydrogen) atoms. The molecule has 2 saturated heterocycles. The summed E-state index contributed by atoms with van der Waals surface area (Å²) < 4.78 is 5.47. The van der Waals surface area contributed by atoms with E-state index in [9.17, 15) is 0 Å². The Morgan fingerprint density at radius 1 is 0.900 bits per heavy atom. The Balaban J connectivity index is 1.32. The quantitative estimate of drug-likeness (QED) is 0.730. The summed E-state index contributed by atoms with van der Waals surface area (Å²) in [5, 5.41) is 9.03. The number of anilines is 1. The Morgan fingerprint density at radius 3 is 2.17 bits per heavy atom. The molecule has 1 aromatic carbocycles. The first-order chi connectivity index (χ1) is 14.6. The van der Waals surface area contributed by atoms with Crippen molar-refractivity contribution in [2.75, 3.05) is 51.3 Å². The van der Waals surface area contributed by atoms with Crippen LogP contribution in [0.25, 0.3) is 11.3 Å². The lowest BCUT2D eigenvalue weighted by molar-refractivity contribution is 0.0389. The fourth-order valence-electron chi connectivity index (χ4n) is 4.46. The molecular weight excluding hydrogens is 374 g/mol. The van der Waals surface area contributed by atoms with Crippen molar-refractivity contribution in [2.24, 2.45) is 0 Å². The van der Waals surface area contributed by atoms with Gasteiger partial charge in [0.25, 0.3) is 0 Å². The molecule has 2 aliphatic rings. The Labute approximate surface area is 180 Å². The van der Waals surface area contributed by atoms with Crippen LogP contribution in [0.15, 0.2) is 36.4 Å². The van der Waals surface area contributed by atoms with Crippen molar-refractivity contribution in [2.45, 2.75) is 45.4 Å². The SMILES string of the molecule is COC1CCN(Cc2ccc(-c3ccc(N4CCN(C(C)C)CC4)nn3)cc2)CC1. The Kier molecular flexibility index (Phi) is 6.97. The molecule has 2 fully saturated rings. The number of ether oxygens (including phenoxy) is 1. The maximum absolute atomic E-state index is 5.47. The first kappa shape index (κ1) is 21.2. The second-order valence-corrected chi connectivity index (χ2v) is 8.80. The van der Waals surface area contributed by atoms with Crippen LogP contribution >= 0.6 is 0 Å². The molecule has 0 unspecified atom stereocenters. The summed E-state index contributed by atoms with van der Waals surface area (Å²) in [6.45, 7) is 12.0. The van der Waals surface area contributed by atoms with Gasteiger partial charge >= 0.3 is 0 Å². The van der Waals surface area contributed by atoms with Crippen molar-refractivity contribution in [1.29, 1.82) is 0 Å². The minimum absolute atomic E-state index is 0.434. The normalized spacial score (nSPS) is 19.5. The number of piperazine rings is 1. The third kappa shape index (κ3) is 5.17. The number of piperidine rings is 1. The average Bonchev–Trinajstić information content (AvgIpc) is 2.80. The van der Waals surface area contributed by atoms with Crippen LogP contribution < -0.4 is 4.90 Å². The first-order valence-corrected chi connectivity index (χ1v) is 11.3. The molecule has 0 spiro atoms. The summed E-state index contributed by atoms with van der Waals surface area (Å²) in [4.78, 5) is 7.36. The summed E-state index contributed by atoms with van der Waals surface area (Å²) in [5.41, 5.74) is 3.41. The fraction of sp³-hybridized carbons (Fsp3) is 0.583. The fourth-order valence-corrected chi connectivity index (χ4v) is 4.46. The van der Waals surface area contributed by atoms with Crippen LogP contribution in [-0.2, 0) is 11.3 Å². The van der Waals surface area contributed by atoms with Crippen molar-refractivity contribution in [3.05, 3.63) is 42.0 Å². The molecule has 2 aliphatic heterocycles. The number of methoxy groups -OCH3 is 1. The monoisotopic (exact) mass is 409 g/mol. The lowest BCUT2D eigenvalue weighted by atomic mass is 10.1. The molecule has 0 atom stereocenters. The highest BCUT2D eigenvalue weighted by atomic mass is 16.5. The standard InChI is InChI=1S/C24H35N5O/c1-19(2)28-14-16-29(17-15-28)24-9-8-23(25-26-24)21-6-4-20(5-7-21)18-27-12-10-22(30-3)11-13-27/h4-9,19,22H,10-18H2,1-3H3. The summed E-state index contributed by atoms with van der Waals surface area (Å²) >= 11 is 0. The van der Waals surface area contributed by atoms with Crippen LogP contribution in [0.2, 0.25) is 0 Å². The van der Waals surface area contributed by atoms with Crippen LogP contribution in [0.5, 0.6) is 0 Å². The van der Waals surface area contributed by atoms with E-state index in [1.54, 1.807) is 0 Å². The van der Waals surface area contributed by atoms with E-state index < -0.39 is 0 Å². The van der Waals surface area contributed by atoms with Crippen LogP contribution in [0, 0.1) is 0 Å². The number of rotatable bonds is 6. The predicted molar refractivity (Wildman–Crippen MR) is 122 cm³/mol. The van der Waals surface area contributed by atoms with Gasteiger partial charge in [0, 0.05) is 64.5 Å². The third-order valence-corrected chi connectivity index (χ3v) is 6.54. The Morgan fingerprint density at radius 2 is 1.60 bits per heavy atom. The molecule has 0 N–H and O–H groups in total. The van der Waals surface area contributed by atoms with Gasteiger partial charge in [0.2, 0.25) is 0 Å². The van der Waals surface area contributed by atoms with Crippen molar-refractivity contribution < 1.29 is 4.74 Å². The summed E-state index contributed by atoms with van der Waals surface area (Å²) in [7, 11) is 1.82. The molecular formula is C24H35N5O. The van der Waals surface area contributed by atoms with Gasteiger partial charge in [0.05, 0.1) is 11.8 Å². The van der Waals surface area contributed by atoms with E-state index in [2.05, 4.69) is 75.1 Å². The molecule has 0 amide bonds. The third-order valence-electron chi connectivity index (χ3n) is 6.54. The van der Waals surface area contributed by atoms with Gasteiger partial charge in [0.15, 0.2) is 5.82 Å². The second-order valence-electron chi connectivity index (χ2n) is 8.80. The van der Waals surface area contributed by atoms with Crippen LogP contribution in [0.1, 0.15) is 32.3 Å². The maximum Gasteiger partial charge on any atom is 0.151 e. The Bertz CT molecular complexity index is 776. The van der Waals surface area contributed by atoms with Gasteiger partial charge in [-0.2, -0.15) is 0 Å². The number of likely N-dealkylation sites (tertiary alicyclic amines) is 1. The van der Waals surface area contributed by atoms with E-state index in [4.69, 9.17) is 4.74 Å². The average molecular weight is 410 g/mol. The zero-order valence-corrected chi connectivity index (χ0v) is 18.6. The molecule has 2 aromatic rings. The number of hydrogen-bond acceptors (Lipinski definition) is 6. The van der Waals surface area contributed by atoms with E-state index in [1.807, 2.05) is 7.11 Å². The van der Waals surface area contributed by atoms with E-state index in [1.165, 1.54) is 5.56 Å². The van der Waals surface area contributed by atoms with Gasteiger partial charge in [-0.25, -0.2) is 0 Å². The minimum atomic E-state index is 0.434. The first-order valence-electron chi connectivity index (χ1n) is 11.3. The molecule has 6 heteroatoms. The molecule has 0 aliphatic carbocycles. The summed E-state index contributed by atoms with van der Waals surface area (Å²) in [6, 6.07) is 13.6. The second kappa shape index (κ2) is 9.86. The van der Waals surface area contributed by atoms with Crippen LogP contribution in [0.4, 0.5) is 5.82 Å². The number of aromatic nitrogens is 2. The van der Waals surface area contributed by atoms with Crippen LogP contribution in [-0.4, -0.2) is 78.5 Å². The molecule has 1 aromatic heterocycles. The zero-order chi connectivity index (χ0) is 20.9. The van der Waals surface area contributed by atoms with E-state index >= 15 is 0 Å². The van der Waals surface area contributed by atoms with Crippen molar-refractivity contribution in [3.63, 3.8) is 0 Å². The molecule has 0 radical (unpaired) electrons. The molecule has 0 saturated carbocycles. The van der Waals surface area contributed by atoms with E-state index in [-0.39, 0.29) is 0 Å². The van der Waals surface area contributed by atoms with Crippen molar-refractivity contribution in [1.82, 2.24) is 20.0 Å². The summed E-state index contributed by atoms with van der Waals surface area (Å²) in [6.07, 6.45) is 2.69. The topological polar surface area (TPSA) is 44.7 Å². The molecule has 162 valence electrons. The van der Waals surface area contributed by atoms with Gasteiger partial charge in [-0.1, -0.05) is 24.3 Å². The van der Waals surface area contributed by atoms with E-state index in [0.717, 1.165) is 75.7 Å².